The van der Waals surface area contributed by atoms with Gasteiger partial charge in [0.05, 0.1) is 0 Å². The van der Waals surface area contributed by atoms with E-state index < -0.39 is 0 Å². The quantitative estimate of drug-likeness (QED) is 0.825. The van der Waals surface area contributed by atoms with E-state index in [1.54, 1.807) is 0 Å². The van der Waals surface area contributed by atoms with Crippen LogP contribution in [0.15, 0.2) is 24.4 Å². The van der Waals surface area contributed by atoms with Gasteiger partial charge < -0.3 is 5.32 Å². The summed E-state index contributed by atoms with van der Waals surface area (Å²) in [4.78, 5) is 0. The van der Waals surface area contributed by atoms with Crippen LogP contribution in [0.25, 0.3) is 5.65 Å². The molecule has 0 aromatic carbocycles. The van der Waals surface area contributed by atoms with Gasteiger partial charge in [-0.3, -0.25) is 4.40 Å². The van der Waals surface area contributed by atoms with E-state index in [4.69, 9.17) is 0 Å². The minimum Gasteiger partial charge on any atom is -0.314 e. The van der Waals surface area contributed by atoms with Gasteiger partial charge in [-0.2, -0.15) is 0 Å². The number of rotatable bonds is 2. The molecule has 3 rings (SSSR count). The van der Waals surface area contributed by atoms with E-state index in [1.807, 2.05) is 24.4 Å². The molecule has 4 nitrogen and oxygen atoms in total. The number of pyridine rings is 1. The molecule has 84 valence electrons. The van der Waals surface area contributed by atoms with Crippen molar-refractivity contribution in [2.75, 3.05) is 6.54 Å². The first-order valence-electron chi connectivity index (χ1n) is 5.95. The summed E-state index contributed by atoms with van der Waals surface area (Å²) in [6.45, 7) is 1.14. The summed E-state index contributed by atoms with van der Waals surface area (Å²) in [5, 5.41) is 12.0. The van der Waals surface area contributed by atoms with Gasteiger partial charge >= 0.3 is 0 Å². The van der Waals surface area contributed by atoms with Crippen LogP contribution in [0.3, 0.4) is 0 Å². The monoisotopic (exact) mass is 216 g/mol. The maximum atomic E-state index is 4.26. The molecule has 16 heavy (non-hydrogen) atoms. The van der Waals surface area contributed by atoms with Crippen molar-refractivity contribution >= 4 is 5.65 Å². The predicted molar refractivity (Wildman–Crippen MR) is 62.3 cm³/mol. The molecule has 0 spiro atoms. The fourth-order valence-electron chi connectivity index (χ4n) is 2.35. The van der Waals surface area contributed by atoms with Crippen molar-refractivity contribution in [2.45, 2.75) is 31.7 Å². The smallest absolute Gasteiger partial charge is 0.160 e. The molecule has 0 saturated carbocycles. The Kier molecular flexibility index (Phi) is 2.58. The van der Waals surface area contributed by atoms with Crippen molar-refractivity contribution in [2.24, 2.45) is 0 Å². The van der Waals surface area contributed by atoms with E-state index >= 15 is 0 Å². The lowest BCUT2D eigenvalue weighted by Gasteiger charge is -2.22. The summed E-state index contributed by atoms with van der Waals surface area (Å²) in [6, 6.07) is 6.58. The average molecular weight is 216 g/mol. The minimum atomic E-state index is 0.571. The van der Waals surface area contributed by atoms with Crippen LogP contribution in [0, 0.1) is 0 Å². The van der Waals surface area contributed by atoms with Gasteiger partial charge in [-0.1, -0.05) is 12.5 Å². The third-order valence-corrected chi connectivity index (χ3v) is 3.23. The molecule has 0 bridgehead atoms. The first kappa shape index (κ1) is 9.78. The number of hydrogen-bond acceptors (Lipinski definition) is 3. The molecular formula is C12H16N4. The molecule has 0 aliphatic carbocycles. The third-order valence-electron chi connectivity index (χ3n) is 3.23. The standard InChI is InChI=1S/C12H16N4/c1-3-7-13-10(5-1)9-12-15-14-11-6-2-4-8-16(11)12/h2,4,6,8,10,13H,1,3,5,7,9H2. The van der Waals surface area contributed by atoms with Crippen LogP contribution in [-0.2, 0) is 6.42 Å². The summed E-state index contributed by atoms with van der Waals surface area (Å²) < 4.78 is 2.08. The fourth-order valence-corrected chi connectivity index (χ4v) is 2.35. The number of piperidine rings is 1. The number of aromatic nitrogens is 3. The van der Waals surface area contributed by atoms with Crippen LogP contribution in [0.4, 0.5) is 0 Å². The summed E-state index contributed by atoms with van der Waals surface area (Å²) in [5.41, 5.74) is 0.938. The average Bonchev–Trinajstić information content (AvgIpc) is 2.74. The lowest BCUT2D eigenvalue weighted by atomic mass is 10.0. The molecule has 1 unspecified atom stereocenters. The second kappa shape index (κ2) is 4.22. The van der Waals surface area contributed by atoms with Crippen molar-refractivity contribution in [3.8, 4) is 0 Å². The Morgan fingerprint density at radius 2 is 2.31 bits per heavy atom. The summed E-state index contributed by atoms with van der Waals surface area (Å²) >= 11 is 0. The highest BCUT2D eigenvalue weighted by Crippen LogP contribution is 2.12. The maximum absolute atomic E-state index is 4.26. The van der Waals surface area contributed by atoms with Gasteiger partial charge in [0.2, 0.25) is 0 Å². The second-order valence-corrected chi connectivity index (χ2v) is 4.40. The number of nitrogens with one attached hydrogen (secondary N) is 1. The Bertz CT molecular complexity index is 471. The van der Waals surface area contributed by atoms with Crippen LogP contribution in [0.5, 0.6) is 0 Å². The summed E-state index contributed by atoms with van der Waals surface area (Å²) in [7, 11) is 0. The van der Waals surface area contributed by atoms with Gasteiger partial charge in [0.1, 0.15) is 5.82 Å². The molecule has 0 radical (unpaired) electrons. The molecule has 2 aromatic heterocycles. The molecule has 0 amide bonds. The van der Waals surface area contributed by atoms with Crippen molar-refractivity contribution < 1.29 is 0 Å². The molecule has 3 heterocycles. The molecular weight excluding hydrogens is 200 g/mol. The van der Waals surface area contributed by atoms with Gasteiger partial charge in [0.25, 0.3) is 0 Å². The van der Waals surface area contributed by atoms with Gasteiger partial charge in [0, 0.05) is 18.7 Å². The first-order valence-corrected chi connectivity index (χ1v) is 5.95. The van der Waals surface area contributed by atoms with E-state index in [0.717, 1.165) is 24.4 Å². The largest absolute Gasteiger partial charge is 0.314 e. The zero-order valence-corrected chi connectivity index (χ0v) is 9.26. The predicted octanol–water partition coefficient (Wildman–Crippen LogP) is 1.41. The highest BCUT2D eigenvalue weighted by Gasteiger charge is 2.15. The molecule has 1 fully saturated rings. The number of fused-ring (bicyclic) bond motifs is 1. The zero-order valence-electron chi connectivity index (χ0n) is 9.26. The minimum absolute atomic E-state index is 0.571. The van der Waals surface area contributed by atoms with E-state index in [1.165, 1.54) is 19.3 Å². The fraction of sp³-hybridized carbons (Fsp3) is 0.500. The lowest BCUT2D eigenvalue weighted by Crippen LogP contribution is -2.36. The highest BCUT2D eigenvalue weighted by atomic mass is 15.2. The Hall–Kier alpha value is -1.42. The van der Waals surface area contributed by atoms with Crippen LogP contribution in [-0.4, -0.2) is 27.2 Å². The Balaban J connectivity index is 1.83. The third kappa shape index (κ3) is 1.80. The van der Waals surface area contributed by atoms with Crippen LogP contribution in [0.2, 0.25) is 0 Å². The van der Waals surface area contributed by atoms with Crippen LogP contribution >= 0.6 is 0 Å². The number of hydrogen-bond donors (Lipinski definition) is 1. The second-order valence-electron chi connectivity index (χ2n) is 4.40. The van der Waals surface area contributed by atoms with Gasteiger partial charge in [0.15, 0.2) is 5.65 Å². The molecule has 4 heteroatoms. The van der Waals surface area contributed by atoms with E-state index in [0.29, 0.717) is 6.04 Å². The van der Waals surface area contributed by atoms with Gasteiger partial charge in [-0.25, -0.2) is 0 Å². The molecule has 1 N–H and O–H groups in total. The molecule has 1 aliphatic heterocycles. The van der Waals surface area contributed by atoms with E-state index in [2.05, 4.69) is 19.9 Å². The SMILES string of the molecule is c1ccn2c(CC3CCCCN3)nnc2c1. The van der Waals surface area contributed by atoms with Crippen molar-refractivity contribution in [1.29, 1.82) is 0 Å². The first-order chi connectivity index (χ1) is 7.93. The number of nitrogens with zero attached hydrogens (tertiary/aromatic N) is 3. The van der Waals surface area contributed by atoms with Gasteiger partial charge in [-0.05, 0) is 31.5 Å². The van der Waals surface area contributed by atoms with Crippen molar-refractivity contribution in [1.82, 2.24) is 19.9 Å². The summed E-state index contributed by atoms with van der Waals surface area (Å²) in [5.74, 6) is 1.06. The Labute approximate surface area is 94.7 Å². The normalized spacial score (nSPS) is 21.4. The molecule has 2 aromatic rings. The zero-order chi connectivity index (χ0) is 10.8. The van der Waals surface area contributed by atoms with Crippen LogP contribution < -0.4 is 5.32 Å². The molecule has 1 saturated heterocycles. The Morgan fingerprint density at radius 1 is 1.31 bits per heavy atom. The lowest BCUT2D eigenvalue weighted by molar-refractivity contribution is 0.393. The summed E-state index contributed by atoms with van der Waals surface area (Å²) in [6.07, 6.45) is 6.89. The van der Waals surface area contributed by atoms with Crippen molar-refractivity contribution in [3.05, 3.63) is 30.2 Å². The molecule has 1 atom stereocenters. The van der Waals surface area contributed by atoms with E-state index in [-0.39, 0.29) is 0 Å². The van der Waals surface area contributed by atoms with Gasteiger partial charge in [-0.15, -0.1) is 10.2 Å². The Morgan fingerprint density at radius 3 is 3.19 bits per heavy atom. The maximum Gasteiger partial charge on any atom is 0.160 e. The highest BCUT2D eigenvalue weighted by molar-refractivity contribution is 5.37. The van der Waals surface area contributed by atoms with Crippen molar-refractivity contribution in [3.63, 3.8) is 0 Å². The topological polar surface area (TPSA) is 42.2 Å². The van der Waals surface area contributed by atoms with E-state index in [9.17, 15) is 0 Å². The molecule has 1 aliphatic rings. The van der Waals surface area contributed by atoms with Crippen LogP contribution in [0.1, 0.15) is 25.1 Å².